The molecule has 0 atom stereocenters. The van der Waals surface area contributed by atoms with Gasteiger partial charge in [0.15, 0.2) is 0 Å². The van der Waals surface area contributed by atoms with Gasteiger partial charge in [-0.3, -0.25) is 4.79 Å². The monoisotopic (exact) mass is 247 g/mol. The third-order valence-electron chi connectivity index (χ3n) is 1.58. The first-order valence-corrected chi connectivity index (χ1v) is 6.40. The minimum absolute atomic E-state index is 0.215. The van der Waals surface area contributed by atoms with Crippen LogP contribution in [0.2, 0.25) is 0 Å². The van der Waals surface area contributed by atoms with Crippen LogP contribution in [0.1, 0.15) is 12.6 Å². The van der Waals surface area contributed by atoms with E-state index >= 15 is 0 Å². The molecule has 1 N–H and O–H groups in total. The van der Waals surface area contributed by atoms with E-state index < -0.39 is 0 Å². The Balaban J connectivity index is 2.36. The Morgan fingerprint density at radius 1 is 1.67 bits per heavy atom. The lowest BCUT2D eigenvalue weighted by Gasteiger charge is -2.01. The van der Waals surface area contributed by atoms with E-state index in [-0.39, 0.29) is 5.97 Å². The van der Waals surface area contributed by atoms with Gasteiger partial charge in [0.2, 0.25) is 0 Å². The zero-order valence-electron chi connectivity index (χ0n) is 8.65. The maximum atomic E-state index is 10.9. The Labute approximate surface area is 96.8 Å². The molecule has 1 aromatic heterocycles. The lowest BCUT2D eigenvalue weighted by Crippen LogP contribution is -2.04. The molecule has 7 heteroatoms. The summed E-state index contributed by atoms with van der Waals surface area (Å²) in [7, 11) is 1.39. The summed E-state index contributed by atoms with van der Waals surface area (Å²) in [5.74, 6) is 0.807. The number of hydrogen-bond acceptors (Lipinski definition) is 7. The fourth-order valence-corrected chi connectivity index (χ4v) is 2.41. The molecule has 0 aliphatic rings. The molecule has 1 heterocycles. The number of esters is 1. The van der Waals surface area contributed by atoms with Crippen molar-refractivity contribution in [1.29, 1.82) is 0 Å². The van der Waals surface area contributed by atoms with E-state index in [0.29, 0.717) is 11.5 Å². The summed E-state index contributed by atoms with van der Waals surface area (Å²) in [6.45, 7) is 2.86. The smallest absolute Gasteiger partial charge is 0.315 e. The van der Waals surface area contributed by atoms with Crippen molar-refractivity contribution in [3.8, 4) is 0 Å². The molecular formula is C8H13N3O2S2. The van der Waals surface area contributed by atoms with Crippen LogP contribution in [0.3, 0.4) is 0 Å². The van der Waals surface area contributed by atoms with Gasteiger partial charge in [0.05, 0.1) is 12.9 Å². The van der Waals surface area contributed by atoms with E-state index in [1.807, 2.05) is 6.92 Å². The van der Waals surface area contributed by atoms with E-state index in [0.717, 1.165) is 17.2 Å². The van der Waals surface area contributed by atoms with E-state index in [1.165, 1.54) is 30.4 Å². The predicted octanol–water partition coefficient (Wildman–Crippen LogP) is 1.38. The van der Waals surface area contributed by atoms with Gasteiger partial charge >= 0.3 is 5.97 Å². The van der Waals surface area contributed by atoms with Gasteiger partial charge in [-0.2, -0.15) is 0 Å². The lowest BCUT2D eigenvalue weighted by atomic mass is 10.5. The summed E-state index contributed by atoms with van der Waals surface area (Å²) in [4.78, 5) is 10.9. The molecular weight excluding hydrogens is 234 g/mol. The number of nitrogens with zero attached hydrogens (tertiary/aromatic N) is 2. The SMILES string of the molecule is CCNc1snnc1CSCC(=O)OC. The standard InChI is InChI=1S/C8H13N3O2S2/c1-3-9-8-6(10-11-15-8)4-14-5-7(12)13-2/h9H,3-5H2,1-2H3. The van der Waals surface area contributed by atoms with Crippen LogP contribution in [0.25, 0.3) is 0 Å². The van der Waals surface area contributed by atoms with Crippen LogP contribution in [0, 0.1) is 0 Å². The maximum absolute atomic E-state index is 10.9. The van der Waals surface area contributed by atoms with Crippen LogP contribution in [0.4, 0.5) is 5.00 Å². The maximum Gasteiger partial charge on any atom is 0.315 e. The van der Waals surface area contributed by atoms with Crippen LogP contribution < -0.4 is 5.32 Å². The van der Waals surface area contributed by atoms with Crippen molar-refractivity contribution < 1.29 is 9.53 Å². The van der Waals surface area contributed by atoms with Crippen molar-refractivity contribution >= 4 is 34.3 Å². The van der Waals surface area contributed by atoms with Crippen LogP contribution in [0.15, 0.2) is 0 Å². The summed E-state index contributed by atoms with van der Waals surface area (Å²) in [5.41, 5.74) is 0.899. The molecule has 0 aromatic carbocycles. The molecule has 0 amide bonds. The molecule has 15 heavy (non-hydrogen) atoms. The minimum atomic E-state index is -0.215. The van der Waals surface area contributed by atoms with Crippen molar-refractivity contribution in [3.63, 3.8) is 0 Å². The third-order valence-corrected chi connectivity index (χ3v) is 3.22. The second kappa shape index (κ2) is 6.62. The van der Waals surface area contributed by atoms with Gasteiger partial charge in [-0.15, -0.1) is 16.9 Å². The van der Waals surface area contributed by atoms with Crippen LogP contribution in [0.5, 0.6) is 0 Å². The number of ether oxygens (including phenoxy) is 1. The number of anilines is 1. The van der Waals surface area contributed by atoms with Gasteiger partial charge in [0.25, 0.3) is 0 Å². The van der Waals surface area contributed by atoms with Crippen LogP contribution in [-0.2, 0) is 15.3 Å². The second-order valence-corrected chi connectivity index (χ2v) is 4.39. The zero-order chi connectivity index (χ0) is 11.1. The van der Waals surface area contributed by atoms with Gasteiger partial charge in [0.1, 0.15) is 10.7 Å². The highest BCUT2D eigenvalue weighted by atomic mass is 32.2. The van der Waals surface area contributed by atoms with Gasteiger partial charge in [0, 0.05) is 23.8 Å². The van der Waals surface area contributed by atoms with Crippen molar-refractivity contribution in [2.24, 2.45) is 0 Å². The fourth-order valence-electron chi connectivity index (χ4n) is 0.888. The second-order valence-electron chi connectivity index (χ2n) is 2.65. The Bertz CT molecular complexity index is 317. The number of carbonyl (C=O) groups is 1. The highest BCUT2D eigenvalue weighted by Gasteiger charge is 2.08. The lowest BCUT2D eigenvalue weighted by molar-refractivity contribution is -0.137. The van der Waals surface area contributed by atoms with E-state index in [1.54, 1.807) is 0 Å². The Kier molecular flexibility index (Phi) is 5.41. The molecule has 0 aliphatic carbocycles. The molecule has 0 spiro atoms. The van der Waals surface area contributed by atoms with Crippen LogP contribution >= 0.6 is 23.3 Å². The molecule has 0 saturated heterocycles. The van der Waals surface area contributed by atoms with Crippen LogP contribution in [-0.4, -0.2) is 35.0 Å². The summed E-state index contributed by atoms with van der Waals surface area (Å²) < 4.78 is 8.40. The van der Waals surface area contributed by atoms with Crippen molar-refractivity contribution in [2.75, 3.05) is 24.7 Å². The van der Waals surface area contributed by atoms with Gasteiger partial charge in [-0.05, 0) is 6.92 Å². The zero-order valence-corrected chi connectivity index (χ0v) is 10.3. The van der Waals surface area contributed by atoms with E-state index in [4.69, 9.17) is 0 Å². The number of hydrogen-bond donors (Lipinski definition) is 1. The first-order chi connectivity index (χ1) is 7.27. The first-order valence-electron chi connectivity index (χ1n) is 4.47. The molecule has 0 saturated carbocycles. The van der Waals surface area contributed by atoms with E-state index in [2.05, 4.69) is 19.6 Å². The first kappa shape index (κ1) is 12.3. The van der Waals surface area contributed by atoms with Crippen molar-refractivity contribution in [1.82, 2.24) is 9.59 Å². The average molecular weight is 247 g/mol. The molecule has 0 aliphatic heterocycles. The topological polar surface area (TPSA) is 64.1 Å². The van der Waals surface area contributed by atoms with Gasteiger partial charge in [-0.1, -0.05) is 4.49 Å². The highest BCUT2D eigenvalue weighted by Crippen LogP contribution is 2.22. The number of rotatable bonds is 6. The fraction of sp³-hybridized carbons (Fsp3) is 0.625. The highest BCUT2D eigenvalue weighted by molar-refractivity contribution is 7.99. The molecule has 5 nitrogen and oxygen atoms in total. The van der Waals surface area contributed by atoms with Gasteiger partial charge in [-0.25, -0.2) is 0 Å². The predicted molar refractivity (Wildman–Crippen MR) is 62.3 cm³/mol. The largest absolute Gasteiger partial charge is 0.468 e. The molecule has 1 aromatic rings. The van der Waals surface area contributed by atoms with Crippen molar-refractivity contribution in [2.45, 2.75) is 12.7 Å². The number of nitrogens with one attached hydrogen (secondary N) is 1. The average Bonchev–Trinajstić information content (AvgIpc) is 2.66. The minimum Gasteiger partial charge on any atom is -0.468 e. The summed E-state index contributed by atoms with van der Waals surface area (Å²) in [6.07, 6.45) is 0. The molecule has 0 radical (unpaired) electrons. The number of aromatic nitrogens is 2. The van der Waals surface area contributed by atoms with Crippen molar-refractivity contribution in [3.05, 3.63) is 5.69 Å². The summed E-state index contributed by atoms with van der Waals surface area (Å²) in [5, 5.41) is 8.14. The Morgan fingerprint density at radius 2 is 2.47 bits per heavy atom. The summed E-state index contributed by atoms with van der Waals surface area (Å²) >= 11 is 2.81. The molecule has 1 rings (SSSR count). The van der Waals surface area contributed by atoms with E-state index in [9.17, 15) is 4.79 Å². The summed E-state index contributed by atoms with van der Waals surface area (Å²) in [6, 6.07) is 0. The number of methoxy groups -OCH3 is 1. The molecule has 0 bridgehead atoms. The quantitative estimate of drug-likeness (QED) is 0.766. The normalized spacial score (nSPS) is 10.0. The molecule has 0 unspecified atom stereocenters. The molecule has 84 valence electrons. The van der Waals surface area contributed by atoms with Gasteiger partial charge < -0.3 is 10.1 Å². The third kappa shape index (κ3) is 4.05. The number of thioether (sulfide) groups is 1. The number of carbonyl (C=O) groups excluding carboxylic acids is 1. The molecule has 0 fully saturated rings. The Morgan fingerprint density at radius 3 is 3.13 bits per heavy atom. The Hall–Kier alpha value is -0.820.